The average molecular weight is 354 g/mol. The molecule has 0 bridgehead atoms. The number of halogens is 3. The molecule has 1 aromatic carbocycles. The predicted octanol–water partition coefficient (Wildman–Crippen LogP) is 1.83. The molecule has 1 unspecified atom stereocenters. The van der Waals surface area contributed by atoms with Gasteiger partial charge < -0.3 is 10.0 Å². The third kappa shape index (κ3) is 3.47. The van der Waals surface area contributed by atoms with E-state index < -0.39 is 29.5 Å². The SMILES string of the molecule is O=C(O)C1CCN(C(=O)c2cn(-c3cccc(C(F)(F)F)c3)nn2)C1. The fourth-order valence-corrected chi connectivity index (χ4v) is 2.62. The standard InChI is InChI=1S/C15H13F3N4O3/c16-15(17,18)10-2-1-3-11(6-10)22-8-12(19-20-22)13(23)21-5-4-9(7-21)14(24)25/h1-3,6,8-9H,4-5,7H2,(H,24,25). The lowest BCUT2D eigenvalue weighted by Crippen LogP contribution is -2.30. The van der Waals surface area contributed by atoms with Crippen molar-refractivity contribution in [2.24, 2.45) is 5.92 Å². The largest absolute Gasteiger partial charge is 0.481 e. The van der Waals surface area contributed by atoms with Gasteiger partial charge in [0.1, 0.15) is 0 Å². The highest BCUT2D eigenvalue weighted by Crippen LogP contribution is 2.30. The number of aliphatic carboxylic acids is 1. The van der Waals surface area contributed by atoms with Crippen molar-refractivity contribution in [1.82, 2.24) is 19.9 Å². The Kier molecular flexibility index (Phi) is 4.19. The molecule has 0 saturated carbocycles. The van der Waals surface area contributed by atoms with Crippen LogP contribution in [-0.2, 0) is 11.0 Å². The van der Waals surface area contributed by atoms with Crippen molar-refractivity contribution in [2.45, 2.75) is 12.6 Å². The minimum absolute atomic E-state index is 0.0524. The first kappa shape index (κ1) is 16.9. The number of hydrogen-bond donors (Lipinski definition) is 1. The number of nitrogens with zero attached hydrogens (tertiary/aromatic N) is 4. The van der Waals surface area contributed by atoms with Crippen molar-refractivity contribution in [1.29, 1.82) is 0 Å². The Balaban J connectivity index is 1.79. The highest BCUT2D eigenvalue weighted by Gasteiger charge is 2.33. The summed E-state index contributed by atoms with van der Waals surface area (Å²) in [6.07, 6.45) is -2.91. The van der Waals surface area contributed by atoms with Crippen molar-refractivity contribution < 1.29 is 27.9 Å². The van der Waals surface area contributed by atoms with Crippen molar-refractivity contribution in [3.63, 3.8) is 0 Å². The summed E-state index contributed by atoms with van der Waals surface area (Å²) in [5.74, 6) is -2.09. The molecule has 1 aliphatic rings. The lowest BCUT2D eigenvalue weighted by atomic mass is 10.1. The van der Waals surface area contributed by atoms with E-state index in [1.807, 2.05) is 0 Å². The second-order valence-corrected chi connectivity index (χ2v) is 5.67. The van der Waals surface area contributed by atoms with Crippen LogP contribution in [0, 0.1) is 5.92 Å². The van der Waals surface area contributed by atoms with E-state index in [9.17, 15) is 22.8 Å². The van der Waals surface area contributed by atoms with Crippen molar-refractivity contribution in [2.75, 3.05) is 13.1 Å². The average Bonchev–Trinajstić information content (AvgIpc) is 3.23. The number of amides is 1. The minimum atomic E-state index is -4.49. The summed E-state index contributed by atoms with van der Waals surface area (Å²) in [6, 6.07) is 4.48. The van der Waals surface area contributed by atoms with Crippen LogP contribution in [0.1, 0.15) is 22.5 Å². The molecule has 0 spiro atoms. The van der Waals surface area contributed by atoms with Crippen LogP contribution in [0.3, 0.4) is 0 Å². The number of aromatic nitrogens is 3. The summed E-state index contributed by atoms with van der Waals surface area (Å²) >= 11 is 0. The van der Waals surface area contributed by atoms with Crippen LogP contribution in [0.5, 0.6) is 0 Å². The third-order valence-electron chi connectivity index (χ3n) is 3.98. The molecular formula is C15H13F3N4O3. The summed E-state index contributed by atoms with van der Waals surface area (Å²) in [5, 5.41) is 16.3. The molecular weight excluding hydrogens is 341 g/mol. The van der Waals surface area contributed by atoms with Gasteiger partial charge in [0.2, 0.25) is 0 Å². The van der Waals surface area contributed by atoms with E-state index in [-0.39, 0.29) is 24.5 Å². The summed E-state index contributed by atoms with van der Waals surface area (Å²) in [4.78, 5) is 24.6. The Morgan fingerprint density at radius 3 is 2.68 bits per heavy atom. The van der Waals surface area contributed by atoms with Gasteiger partial charge in [-0.05, 0) is 24.6 Å². The van der Waals surface area contributed by atoms with E-state index in [2.05, 4.69) is 10.3 Å². The highest BCUT2D eigenvalue weighted by atomic mass is 19.4. The Hall–Kier alpha value is -2.91. The summed E-state index contributed by atoms with van der Waals surface area (Å²) in [7, 11) is 0. The number of carboxylic acid groups (broad SMARTS) is 1. The summed E-state index contributed by atoms with van der Waals surface area (Å²) < 4.78 is 39.4. The maximum atomic E-state index is 12.8. The molecule has 25 heavy (non-hydrogen) atoms. The molecule has 1 aliphatic heterocycles. The number of hydrogen-bond acceptors (Lipinski definition) is 4. The second-order valence-electron chi connectivity index (χ2n) is 5.67. The molecule has 1 amide bonds. The Labute approximate surface area is 139 Å². The van der Waals surface area contributed by atoms with Crippen LogP contribution in [-0.4, -0.2) is 50.0 Å². The van der Waals surface area contributed by atoms with Crippen molar-refractivity contribution in [3.8, 4) is 5.69 Å². The number of rotatable bonds is 3. The van der Waals surface area contributed by atoms with E-state index in [0.29, 0.717) is 6.42 Å². The van der Waals surface area contributed by atoms with Crippen LogP contribution >= 0.6 is 0 Å². The maximum Gasteiger partial charge on any atom is 0.416 e. The van der Waals surface area contributed by atoms with E-state index in [4.69, 9.17) is 5.11 Å². The third-order valence-corrected chi connectivity index (χ3v) is 3.98. The number of benzene rings is 1. The van der Waals surface area contributed by atoms with Crippen LogP contribution in [0.25, 0.3) is 5.69 Å². The topological polar surface area (TPSA) is 88.3 Å². The Morgan fingerprint density at radius 1 is 1.28 bits per heavy atom. The van der Waals surface area contributed by atoms with Crippen LogP contribution < -0.4 is 0 Å². The van der Waals surface area contributed by atoms with Crippen LogP contribution in [0.2, 0.25) is 0 Å². The van der Waals surface area contributed by atoms with Gasteiger partial charge in [-0.25, -0.2) is 4.68 Å². The predicted molar refractivity (Wildman–Crippen MR) is 78.0 cm³/mol. The molecule has 1 aromatic heterocycles. The van der Waals surface area contributed by atoms with Crippen LogP contribution in [0.15, 0.2) is 30.5 Å². The number of likely N-dealkylation sites (tertiary alicyclic amines) is 1. The molecule has 0 aliphatic carbocycles. The molecule has 2 heterocycles. The van der Waals surface area contributed by atoms with Crippen LogP contribution in [0.4, 0.5) is 13.2 Å². The molecule has 1 saturated heterocycles. The van der Waals surface area contributed by atoms with E-state index in [0.717, 1.165) is 16.8 Å². The van der Waals surface area contributed by atoms with Crippen molar-refractivity contribution in [3.05, 3.63) is 41.7 Å². The molecule has 0 radical (unpaired) electrons. The zero-order valence-electron chi connectivity index (χ0n) is 12.8. The zero-order chi connectivity index (χ0) is 18.2. The zero-order valence-corrected chi connectivity index (χ0v) is 12.8. The van der Waals surface area contributed by atoms with Crippen molar-refractivity contribution >= 4 is 11.9 Å². The lowest BCUT2D eigenvalue weighted by molar-refractivity contribution is -0.141. The van der Waals surface area contributed by atoms with Gasteiger partial charge in [-0.1, -0.05) is 11.3 Å². The quantitative estimate of drug-likeness (QED) is 0.909. The van der Waals surface area contributed by atoms with Gasteiger partial charge in [-0.2, -0.15) is 13.2 Å². The first-order chi connectivity index (χ1) is 11.8. The van der Waals surface area contributed by atoms with E-state index in [1.54, 1.807) is 0 Å². The number of carbonyl (C=O) groups is 2. The second kappa shape index (κ2) is 6.19. The molecule has 132 valence electrons. The fourth-order valence-electron chi connectivity index (χ4n) is 2.62. The monoisotopic (exact) mass is 354 g/mol. The number of alkyl halides is 3. The van der Waals surface area contributed by atoms with E-state index >= 15 is 0 Å². The lowest BCUT2D eigenvalue weighted by Gasteiger charge is -2.13. The summed E-state index contributed by atoms with van der Waals surface area (Å²) in [5.41, 5.74) is -0.771. The minimum Gasteiger partial charge on any atom is -0.481 e. The van der Waals surface area contributed by atoms with E-state index in [1.165, 1.54) is 23.2 Å². The van der Waals surface area contributed by atoms with Gasteiger partial charge >= 0.3 is 12.1 Å². The summed E-state index contributed by atoms with van der Waals surface area (Å²) in [6.45, 7) is 0.358. The molecule has 7 nitrogen and oxygen atoms in total. The fraction of sp³-hybridized carbons (Fsp3) is 0.333. The first-order valence-electron chi connectivity index (χ1n) is 7.38. The Bertz CT molecular complexity index is 818. The molecule has 2 aromatic rings. The van der Waals surface area contributed by atoms with Gasteiger partial charge in [-0.15, -0.1) is 5.10 Å². The highest BCUT2D eigenvalue weighted by molar-refractivity contribution is 5.92. The van der Waals surface area contributed by atoms with Gasteiger partial charge in [0.05, 0.1) is 23.4 Å². The normalized spacial score (nSPS) is 17.7. The van der Waals surface area contributed by atoms with Gasteiger partial charge in [0.25, 0.3) is 5.91 Å². The maximum absolute atomic E-state index is 12.8. The molecule has 1 N–H and O–H groups in total. The first-order valence-corrected chi connectivity index (χ1v) is 7.38. The van der Waals surface area contributed by atoms with Gasteiger partial charge in [-0.3, -0.25) is 9.59 Å². The number of carbonyl (C=O) groups excluding carboxylic acids is 1. The smallest absolute Gasteiger partial charge is 0.416 e. The molecule has 1 fully saturated rings. The number of carboxylic acids is 1. The van der Waals surface area contributed by atoms with Gasteiger partial charge in [0.15, 0.2) is 5.69 Å². The molecule has 3 rings (SSSR count). The molecule has 10 heteroatoms. The molecule has 1 atom stereocenters. The van der Waals surface area contributed by atoms with Gasteiger partial charge in [0, 0.05) is 13.1 Å². The Morgan fingerprint density at radius 2 is 2.04 bits per heavy atom.